The Kier molecular flexibility index (Phi) is 7.65. The molecular weight excluding hydrogens is 318 g/mol. The maximum absolute atomic E-state index is 12.3. The molecule has 0 aromatic heterocycles. The molecule has 0 spiro atoms. The fraction of sp³-hybridized carbons (Fsp3) is 0.650. The van der Waals surface area contributed by atoms with Crippen molar-refractivity contribution in [2.75, 3.05) is 12.3 Å². The minimum Gasteiger partial charge on any atom is -0.481 e. The molecule has 3 nitrogen and oxygen atoms in total. The second-order valence-corrected chi connectivity index (χ2v) is 9.96. The van der Waals surface area contributed by atoms with Crippen LogP contribution in [0.5, 0.6) is 5.75 Å². The van der Waals surface area contributed by atoms with Gasteiger partial charge in [0.05, 0.1) is 0 Å². The number of thioether (sulfide) groups is 1. The van der Waals surface area contributed by atoms with Gasteiger partial charge in [-0.15, -0.1) is 0 Å². The van der Waals surface area contributed by atoms with Crippen molar-refractivity contribution in [1.82, 2.24) is 5.32 Å². The molecule has 0 bridgehead atoms. The van der Waals surface area contributed by atoms with E-state index in [0.717, 1.165) is 11.5 Å². The first kappa shape index (κ1) is 20.9. The molecule has 136 valence electrons. The Morgan fingerprint density at radius 1 is 1.12 bits per heavy atom. The maximum Gasteiger partial charge on any atom is 0.261 e. The van der Waals surface area contributed by atoms with E-state index in [0.29, 0.717) is 13.0 Å². The van der Waals surface area contributed by atoms with Crippen LogP contribution >= 0.6 is 11.8 Å². The number of hydrogen-bond donors (Lipinski definition) is 1. The van der Waals surface area contributed by atoms with Gasteiger partial charge in [0.25, 0.3) is 5.91 Å². The van der Waals surface area contributed by atoms with Crippen molar-refractivity contribution < 1.29 is 9.53 Å². The van der Waals surface area contributed by atoms with Gasteiger partial charge in [-0.1, -0.05) is 60.6 Å². The van der Waals surface area contributed by atoms with Crippen molar-refractivity contribution in [3.8, 4) is 5.75 Å². The number of ether oxygens (including phenoxy) is 1. The standard InChI is InChI=1S/C20H33NO2S/c1-8-17(18(22)21-13-14-24-20(5,6)7)23-16-11-9-15(10-12-16)19(2,3)4/h9-12,17H,8,13-14H2,1-7H3,(H,21,22). The monoisotopic (exact) mass is 351 g/mol. The number of nitrogens with one attached hydrogen (secondary N) is 1. The van der Waals surface area contributed by atoms with E-state index in [4.69, 9.17) is 4.74 Å². The minimum atomic E-state index is -0.440. The van der Waals surface area contributed by atoms with Gasteiger partial charge in [0.15, 0.2) is 6.10 Å². The highest BCUT2D eigenvalue weighted by atomic mass is 32.2. The second-order valence-electron chi connectivity index (χ2n) is 8.04. The summed E-state index contributed by atoms with van der Waals surface area (Å²) in [6.45, 7) is 15.7. The zero-order chi connectivity index (χ0) is 18.4. The summed E-state index contributed by atoms with van der Waals surface area (Å²) in [6.07, 6.45) is 0.212. The van der Waals surface area contributed by atoms with Gasteiger partial charge in [-0.05, 0) is 29.5 Å². The molecule has 1 amide bonds. The molecule has 1 N–H and O–H groups in total. The van der Waals surface area contributed by atoms with Crippen LogP contribution in [-0.4, -0.2) is 29.1 Å². The number of hydrogen-bond acceptors (Lipinski definition) is 3. The average molecular weight is 352 g/mol. The number of amides is 1. The zero-order valence-electron chi connectivity index (χ0n) is 16.2. The van der Waals surface area contributed by atoms with Gasteiger partial charge in [0, 0.05) is 17.0 Å². The first-order valence-corrected chi connectivity index (χ1v) is 9.70. The van der Waals surface area contributed by atoms with Gasteiger partial charge < -0.3 is 10.1 Å². The number of carbonyl (C=O) groups excluding carboxylic acids is 1. The van der Waals surface area contributed by atoms with E-state index in [1.807, 2.05) is 30.8 Å². The Balaban J connectivity index is 2.53. The molecule has 24 heavy (non-hydrogen) atoms. The van der Waals surface area contributed by atoms with Gasteiger partial charge in [-0.3, -0.25) is 4.79 Å². The lowest BCUT2D eigenvalue weighted by Gasteiger charge is -2.21. The molecule has 1 aromatic rings. The molecule has 0 aliphatic rings. The third-order valence-corrected chi connectivity index (χ3v) is 4.87. The van der Waals surface area contributed by atoms with E-state index in [1.165, 1.54) is 5.56 Å². The molecular formula is C20H33NO2S. The van der Waals surface area contributed by atoms with Crippen LogP contribution in [0.3, 0.4) is 0 Å². The SMILES string of the molecule is CCC(Oc1ccc(C(C)(C)C)cc1)C(=O)NCCSC(C)(C)C. The molecule has 1 unspecified atom stereocenters. The first-order valence-electron chi connectivity index (χ1n) is 8.72. The Labute approximate surface area is 151 Å². The van der Waals surface area contributed by atoms with Crippen molar-refractivity contribution in [2.24, 2.45) is 0 Å². The second kappa shape index (κ2) is 8.80. The predicted molar refractivity (Wildman–Crippen MR) is 105 cm³/mol. The molecule has 0 saturated carbocycles. The van der Waals surface area contributed by atoms with E-state index in [2.05, 4.69) is 59.0 Å². The molecule has 0 saturated heterocycles. The summed E-state index contributed by atoms with van der Waals surface area (Å²) in [4.78, 5) is 12.3. The number of carbonyl (C=O) groups is 1. The fourth-order valence-corrected chi connectivity index (χ4v) is 2.98. The molecule has 0 radical (unpaired) electrons. The van der Waals surface area contributed by atoms with Crippen molar-refractivity contribution in [3.63, 3.8) is 0 Å². The van der Waals surface area contributed by atoms with Gasteiger partial charge in [0.2, 0.25) is 0 Å². The van der Waals surface area contributed by atoms with Crippen LogP contribution in [0.1, 0.15) is 60.5 Å². The largest absolute Gasteiger partial charge is 0.481 e. The highest BCUT2D eigenvalue weighted by Crippen LogP contribution is 2.25. The van der Waals surface area contributed by atoms with E-state index in [9.17, 15) is 4.79 Å². The van der Waals surface area contributed by atoms with Crippen LogP contribution in [0.4, 0.5) is 0 Å². The van der Waals surface area contributed by atoms with E-state index >= 15 is 0 Å². The van der Waals surface area contributed by atoms with Gasteiger partial charge >= 0.3 is 0 Å². The summed E-state index contributed by atoms with van der Waals surface area (Å²) in [5.74, 6) is 1.62. The average Bonchev–Trinajstić information content (AvgIpc) is 2.47. The summed E-state index contributed by atoms with van der Waals surface area (Å²) in [7, 11) is 0. The summed E-state index contributed by atoms with van der Waals surface area (Å²) in [6, 6.07) is 8.04. The van der Waals surface area contributed by atoms with Gasteiger partial charge in [-0.25, -0.2) is 0 Å². The van der Waals surface area contributed by atoms with E-state index in [-0.39, 0.29) is 16.1 Å². The molecule has 0 aliphatic carbocycles. The number of benzene rings is 1. The molecule has 0 aliphatic heterocycles. The van der Waals surface area contributed by atoms with Crippen LogP contribution < -0.4 is 10.1 Å². The lowest BCUT2D eigenvalue weighted by atomic mass is 9.87. The highest BCUT2D eigenvalue weighted by Gasteiger charge is 2.19. The zero-order valence-corrected chi connectivity index (χ0v) is 17.0. The number of rotatable bonds is 7. The molecule has 1 atom stereocenters. The van der Waals surface area contributed by atoms with E-state index < -0.39 is 6.10 Å². The summed E-state index contributed by atoms with van der Waals surface area (Å²) in [5, 5.41) is 2.98. The maximum atomic E-state index is 12.3. The van der Waals surface area contributed by atoms with Gasteiger partial charge in [0.1, 0.15) is 5.75 Å². The molecule has 1 rings (SSSR count). The topological polar surface area (TPSA) is 38.3 Å². The molecule has 0 fully saturated rings. The normalized spacial score (nSPS) is 13.5. The summed E-state index contributed by atoms with van der Waals surface area (Å²) >= 11 is 1.85. The van der Waals surface area contributed by atoms with Crippen LogP contribution in [-0.2, 0) is 10.2 Å². The Bertz CT molecular complexity index is 512. The summed E-state index contributed by atoms with van der Waals surface area (Å²) in [5.41, 5.74) is 1.37. The van der Waals surface area contributed by atoms with Crippen molar-refractivity contribution >= 4 is 17.7 Å². The van der Waals surface area contributed by atoms with Gasteiger partial charge in [-0.2, -0.15) is 11.8 Å². The highest BCUT2D eigenvalue weighted by molar-refractivity contribution is 8.00. The van der Waals surface area contributed by atoms with Crippen LogP contribution in [0.25, 0.3) is 0 Å². The van der Waals surface area contributed by atoms with Crippen molar-refractivity contribution in [3.05, 3.63) is 29.8 Å². The Hall–Kier alpha value is -1.16. The lowest BCUT2D eigenvalue weighted by Crippen LogP contribution is -2.39. The fourth-order valence-electron chi connectivity index (χ4n) is 2.17. The first-order chi connectivity index (χ1) is 11.0. The smallest absolute Gasteiger partial charge is 0.261 e. The molecule has 0 heterocycles. The Morgan fingerprint density at radius 3 is 2.17 bits per heavy atom. The summed E-state index contributed by atoms with van der Waals surface area (Å²) < 4.78 is 6.09. The predicted octanol–water partition coefficient (Wildman–Crippen LogP) is 4.79. The van der Waals surface area contributed by atoms with Crippen LogP contribution in [0.15, 0.2) is 24.3 Å². The molecule has 1 aromatic carbocycles. The minimum absolute atomic E-state index is 0.0353. The quantitative estimate of drug-likeness (QED) is 0.718. The van der Waals surface area contributed by atoms with Crippen molar-refractivity contribution in [2.45, 2.75) is 71.2 Å². The van der Waals surface area contributed by atoms with Crippen molar-refractivity contribution in [1.29, 1.82) is 0 Å². The van der Waals surface area contributed by atoms with E-state index in [1.54, 1.807) is 0 Å². The lowest BCUT2D eigenvalue weighted by molar-refractivity contribution is -0.127. The Morgan fingerprint density at radius 2 is 1.71 bits per heavy atom. The third-order valence-electron chi connectivity index (χ3n) is 3.60. The van der Waals surface area contributed by atoms with Crippen LogP contribution in [0, 0.1) is 0 Å². The molecule has 4 heteroatoms. The van der Waals surface area contributed by atoms with Crippen LogP contribution in [0.2, 0.25) is 0 Å². The third kappa shape index (κ3) is 7.61.